The second-order valence-corrected chi connectivity index (χ2v) is 16.7. The lowest BCUT2D eigenvalue weighted by Crippen LogP contribution is -2.12. The van der Waals surface area contributed by atoms with E-state index >= 15 is 0 Å². The summed E-state index contributed by atoms with van der Waals surface area (Å²) in [5, 5.41) is 32.8. The summed E-state index contributed by atoms with van der Waals surface area (Å²) in [6, 6.07) is 38.3. The Balaban J connectivity index is 1.29. The van der Waals surface area contributed by atoms with Crippen LogP contribution in [0.2, 0.25) is 0 Å². The highest BCUT2D eigenvalue weighted by atomic mass is 19.4. The van der Waals surface area contributed by atoms with Crippen LogP contribution in [0.15, 0.2) is 152 Å². The Bertz CT molecular complexity index is 3790. The van der Waals surface area contributed by atoms with Gasteiger partial charge in [0.2, 0.25) is 0 Å². The fourth-order valence-corrected chi connectivity index (χ4v) is 9.44. The number of aromatic nitrogens is 2. The summed E-state index contributed by atoms with van der Waals surface area (Å²) in [5.41, 5.74) is -4.42. The third-order valence-corrected chi connectivity index (χ3v) is 12.5. The van der Waals surface area contributed by atoms with Crippen LogP contribution in [-0.2, 0) is 24.7 Å². The van der Waals surface area contributed by atoms with Crippen LogP contribution >= 0.6 is 0 Å². The maximum Gasteiger partial charge on any atom is 0.417 e. The Hall–Kier alpha value is -9.01. The SMILES string of the molecule is N#Cc1cc(C#N)cc(-c2c(-n3c4ccccc4c4cc(-c5ccc(C(F)(F)F)cc5C(F)(F)F)ccc43)cc(C#N)cc2-n2c3ccccc3c3cc(-c4ccc(C(F)(F)F)cc4C(F)(F)F)ccc32)c1. The first-order chi connectivity index (χ1) is 34.1. The van der Waals surface area contributed by atoms with Gasteiger partial charge in [0, 0.05) is 27.1 Å². The molecule has 10 rings (SSSR count). The minimum absolute atomic E-state index is 0.0462. The molecule has 0 bridgehead atoms. The van der Waals surface area contributed by atoms with Gasteiger partial charge in [-0.2, -0.15) is 68.5 Å². The van der Waals surface area contributed by atoms with Crippen molar-refractivity contribution >= 4 is 43.6 Å². The van der Waals surface area contributed by atoms with Gasteiger partial charge in [-0.05, 0) is 119 Å². The van der Waals surface area contributed by atoms with Crippen LogP contribution in [0.25, 0.3) is 88.4 Å². The molecule has 0 saturated heterocycles. The normalized spacial score (nSPS) is 12.4. The van der Waals surface area contributed by atoms with Gasteiger partial charge in [-0.1, -0.05) is 60.7 Å². The van der Waals surface area contributed by atoms with E-state index in [9.17, 15) is 68.5 Å². The number of para-hydroxylation sites is 2. The van der Waals surface area contributed by atoms with Gasteiger partial charge in [0.1, 0.15) is 0 Å². The van der Waals surface area contributed by atoms with Gasteiger partial charge in [-0.3, -0.25) is 0 Å². The maximum absolute atomic E-state index is 14.5. The van der Waals surface area contributed by atoms with Crippen LogP contribution in [0, 0.1) is 34.0 Å². The minimum Gasteiger partial charge on any atom is -0.308 e. The van der Waals surface area contributed by atoms with Crippen molar-refractivity contribution in [1.29, 1.82) is 15.8 Å². The quantitative estimate of drug-likeness (QED) is 0.161. The van der Waals surface area contributed by atoms with Crippen molar-refractivity contribution in [3.8, 4) is 63.0 Å². The Labute approximate surface area is 398 Å². The third kappa shape index (κ3) is 7.87. The molecule has 0 fully saturated rings. The zero-order valence-electron chi connectivity index (χ0n) is 36.2. The lowest BCUT2D eigenvalue weighted by atomic mass is 9.94. The fraction of sp³-hybridized carbons (Fsp3) is 0.0727. The van der Waals surface area contributed by atoms with Crippen LogP contribution in [0.5, 0.6) is 0 Å². The maximum atomic E-state index is 14.5. The summed E-state index contributed by atoms with van der Waals surface area (Å²) >= 11 is 0. The zero-order chi connectivity index (χ0) is 51.2. The highest BCUT2D eigenvalue weighted by Gasteiger charge is 2.40. The largest absolute Gasteiger partial charge is 0.417 e. The molecule has 2 heterocycles. The number of hydrogen-bond donors (Lipinski definition) is 0. The molecule has 5 nitrogen and oxygen atoms in total. The molecule has 10 aromatic rings. The third-order valence-electron chi connectivity index (χ3n) is 12.5. The van der Waals surface area contributed by atoms with Crippen LogP contribution < -0.4 is 0 Å². The van der Waals surface area contributed by atoms with E-state index in [1.165, 1.54) is 66.7 Å². The molecule has 0 radical (unpaired) electrons. The number of alkyl halides is 12. The molecular formula is C55H25F12N5. The Morgan fingerprint density at radius 3 is 1.08 bits per heavy atom. The molecule has 2 aromatic heterocycles. The number of fused-ring (bicyclic) bond motifs is 6. The first-order valence-corrected chi connectivity index (χ1v) is 21.3. The topological polar surface area (TPSA) is 81.2 Å². The van der Waals surface area contributed by atoms with Crippen molar-refractivity contribution in [2.75, 3.05) is 0 Å². The van der Waals surface area contributed by atoms with E-state index in [1.54, 1.807) is 57.7 Å². The first kappa shape index (κ1) is 46.7. The number of halogens is 12. The molecule has 8 aromatic carbocycles. The van der Waals surface area contributed by atoms with Gasteiger partial charge < -0.3 is 9.13 Å². The van der Waals surface area contributed by atoms with Gasteiger partial charge in [-0.15, -0.1) is 0 Å². The lowest BCUT2D eigenvalue weighted by Gasteiger charge is -2.21. The van der Waals surface area contributed by atoms with E-state index in [-0.39, 0.29) is 62.5 Å². The number of benzene rings is 8. The molecule has 0 unspecified atom stereocenters. The molecule has 72 heavy (non-hydrogen) atoms. The Morgan fingerprint density at radius 1 is 0.333 bits per heavy atom. The van der Waals surface area contributed by atoms with Gasteiger partial charge >= 0.3 is 24.7 Å². The highest BCUT2D eigenvalue weighted by molar-refractivity contribution is 6.13. The minimum atomic E-state index is -5.19. The van der Waals surface area contributed by atoms with E-state index in [0.717, 1.165) is 12.1 Å². The molecule has 0 N–H and O–H groups in total. The summed E-state index contributed by atoms with van der Waals surface area (Å²) in [5.74, 6) is 0. The molecule has 0 saturated carbocycles. The number of hydrogen-bond acceptors (Lipinski definition) is 3. The average molecular weight is 984 g/mol. The van der Waals surface area contributed by atoms with Gasteiger partial charge in [-0.25, -0.2) is 0 Å². The van der Waals surface area contributed by atoms with Crippen molar-refractivity contribution in [3.63, 3.8) is 0 Å². The van der Waals surface area contributed by atoms with E-state index in [2.05, 4.69) is 18.2 Å². The summed E-state index contributed by atoms with van der Waals surface area (Å²) in [6.07, 6.45) is -20.5. The van der Waals surface area contributed by atoms with E-state index in [1.807, 2.05) is 0 Å². The second kappa shape index (κ2) is 16.6. The predicted octanol–water partition coefficient (Wildman–Crippen LogP) is 16.6. The van der Waals surface area contributed by atoms with Crippen LogP contribution in [0.3, 0.4) is 0 Å². The molecule has 354 valence electrons. The van der Waals surface area contributed by atoms with Crippen molar-refractivity contribution in [2.24, 2.45) is 0 Å². The summed E-state index contributed by atoms with van der Waals surface area (Å²) in [7, 11) is 0. The molecule has 0 atom stereocenters. The van der Waals surface area contributed by atoms with Crippen molar-refractivity contribution in [1.82, 2.24) is 9.13 Å². The molecule has 0 aliphatic rings. The first-order valence-electron chi connectivity index (χ1n) is 21.3. The predicted molar refractivity (Wildman–Crippen MR) is 246 cm³/mol. The van der Waals surface area contributed by atoms with E-state index in [0.29, 0.717) is 55.7 Å². The summed E-state index contributed by atoms with van der Waals surface area (Å²) in [4.78, 5) is 0. The zero-order valence-corrected chi connectivity index (χ0v) is 36.2. The number of nitrogens with zero attached hydrogens (tertiary/aromatic N) is 5. The number of nitriles is 3. The van der Waals surface area contributed by atoms with Crippen LogP contribution in [0.4, 0.5) is 52.7 Å². The monoisotopic (exact) mass is 983 g/mol. The van der Waals surface area contributed by atoms with Crippen LogP contribution in [0.1, 0.15) is 38.9 Å². The second-order valence-electron chi connectivity index (χ2n) is 16.7. The molecule has 0 aliphatic heterocycles. The Morgan fingerprint density at radius 2 is 0.708 bits per heavy atom. The van der Waals surface area contributed by atoms with Gasteiger partial charge in [0.25, 0.3) is 0 Å². The van der Waals surface area contributed by atoms with Gasteiger partial charge in [0.15, 0.2) is 0 Å². The summed E-state index contributed by atoms with van der Waals surface area (Å²) in [6.45, 7) is 0. The fourth-order valence-electron chi connectivity index (χ4n) is 9.44. The molecule has 17 heteroatoms. The van der Waals surface area contributed by atoms with Crippen molar-refractivity contribution < 1.29 is 52.7 Å². The summed E-state index contributed by atoms with van der Waals surface area (Å²) < 4.78 is 173. The lowest BCUT2D eigenvalue weighted by molar-refractivity contribution is -0.144. The molecular weight excluding hydrogens is 959 g/mol. The van der Waals surface area contributed by atoms with Gasteiger partial charge in [0.05, 0.1) is 90.6 Å². The van der Waals surface area contributed by atoms with E-state index in [4.69, 9.17) is 0 Å². The van der Waals surface area contributed by atoms with Crippen LogP contribution in [-0.4, -0.2) is 9.13 Å². The van der Waals surface area contributed by atoms with Crippen molar-refractivity contribution in [3.05, 3.63) is 191 Å². The van der Waals surface area contributed by atoms with Crippen molar-refractivity contribution in [2.45, 2.75) is 24.7 Å². The number of rotatable bonds is 5. The standard InChI is InChI=1S/C55H25F12N5/c56-52(57,58)35-11-13-37(43(24-35)54(62,63)64)32-9-15-47-41(22-32)39-5-1-3-7-45(39)71(47)49-20-31(28-70)21-50(51(49)34-18-29(26-68)17-30(19-34)27-69)72-46-8-4-2-6-40(46)42-23-33(10-16-48(42)72)38-14-12-36(53(59,60)61)25-44(38)55(65,66)67/h1-25H. The molecule has 0 aliphatic carbocycles. The highest BCUT2D eigenvalue weighted by Crippen LogP contribution is 2.47. The molecule has 0 spiro atoms. The smallest absolute Gasteiger partial charge is 0.308 e. The average Bonchev–Trinajstić information content (AvgIpc) is 3.86. The Kier molecular flexibility index (Phi) is 10.7. The molecule has 0 amide bonds. The van der Waals surface area contributed by atoms with E-state index < -0.39 is 58.1 Å².